The number of carbonyl (C=O) groups excluding carboxylic acids is 2. The smallest absolute Gasteiger partial charge is 0.246 e. The van der Waals surface area contributed by atoms with Crippen LogP contribution in [0.3, 0.4) is 0 Å². The fraction of sp³-hybridized carbons (Fsp3) is 0.857. The van der Waals surface area contributed by atoms with Crippen molar-refractivity contribution in [3.63, 3.8) is 0 Å². The van der Waals surface area contributed by atoms with Gasteiger partial charge in [-0.3, -0.25) is 9.59 Å². The first-order valence-corrected chi connectivity index (χ1v) is 6.93. The van der Waals surface area contributed by atoms with Gasteiger partial charge in [-0.05, 0) is 24.2 Å². The van der Waals surface area contributed by atoms with Crippen molar-refractivity contribution in [3.05, 3.63) is 0 Å². The molecule has 4 nitrogen and oxygen atoms in total. The molecule has 1 N–H and O–H groups in total. The highest BCUT2D eigenvalue weighted by molar-refractivity contribution is 5.95. The molecule has 102 valence electrons. The summed E-state index contributed by atoms with van der Waals surface area (Å²) in [5, 5.41) is 2.82. The Balaban J connectivity index is 2.21. The minimum absolute atomic E-state index is 0.0176. The largest absolute Gasteiger partial charge is 0.343 e. The van der Waals surface area contributed by atoms with Crippen LogP contribution in [0, 0.1) is 11.3 Å². The Bertz CT molecular complexity index is 363. The van der Waals surface area contributed by atoms with E-state index in [-0.39, 0.29) is 41.8 Å². The van der Waals surface area contributed by atoms with Gasteiger partial charge in [0.15, 0.2) is 0 Å². The zero-order chi connectivity index (χ0) is 13.5. The van der Waals surface area contributed by atoms with E-state index in [2.05, 4.69) is 19.2 Å². The molecule has 1 saturated carbocycles. The second-order valence-electron chi connectivity index (χ2n) is 6.65. The van der Waals surface area contributed by atoms with E-state index in [0.717, 1.165) is 19.3 Å². The third-order valence-corrected chi connectivity index (χ3v) is 4.42. The van der Waals surface area contributed by atoms with Gasteiger partial charge in [0.25, 0.3) is 0 Å². The minimum atomic E-state index is -0.345. The highest BCUT2D eigenvalue weighted by Gasteiger charge is 2.45. The Morgan fingerprint density at radius 3 is 2.50 bits per heavy atom. The molecular weight excluding hydrogens is 228 g/mol. The Kier molecular flexibility index (Phi) is 3.39. The van der Waals surface area contributed by atoms with Gasteiger partial charge in [0.05, 0.1) is 6.54 Å². The average Bonchev–Trinajstić information content (AvgIpc) is 2.60. The van der Waals surface area contributed by atoms with Crippen molar-refractivity contribution in [1.29, 1.82) is 0 Å². The number of hydrogen-bond donors (Lipinski definition) is 1. The van der Waals surface area contributed by atoms with E-state index in [0.29, 0.717) is 0 Å². The van der Waals surface area contributed by atoms with Crippen molar-refractivity contribution in [2.24, 2.45) is 11.3 Å². The van der Waals surface area contributed by atoms with Gasteiger partial charge >= 0.3 is 0 Å². The number of nitrogens with one attached hydrogen (secondary N) is 1. The van der Waals surface area contributed by atoms with Crippen molar-refractivity contribution in [2.45, 2.75) is 59.0 Å². The van der Waals surface area contributed by atoms with Crippen molar-refractivity contribution < 1.29 is 9.59 Å². The molecule has 1 aliphatic carbocycles. The second kappa shape index (κ2) is 4.56. The zero-order valence-corrected chi connectivity index (χ0v) is 11.8. The Morgan fingerprint density at radius 1 is 1.33 bits per heavy atom. The lowest BCUT2D eigenvalue weighted by atomic mass is 9.85. The van der Waals surface area contributed by atoms with Crippen LogP contribution in [0.25, 0.3) is 0 Å². The van der Waals surface area contributed by atoms with Crippen molar-refractivity contribution in [2.75, 3.05) is 6.54 Å². The predicted octanol–water partition coefficient (Wildman–Crippen LogP) is 1.55. The van der Waals surface area contributed by atoms with Crippen LogP contribution in [-0.4, -0.2) is 35.3 Å². The van der Waals surface area contributed by atoms with Crippen LogP contribution in [0.4, 0.5) is 0 Å². The summed E-state index contributed by atoms with van der Waals surface area (Å²) in [4.78, 5) is 26.1. The van der Waals surface area contributed by atoms with Crippen LogP contribution in [0.15, 0.2) is 0 Å². The van der Waals surface area contributed by atoms with Crippen molar-refractivity contribution >= 4 is 11.8 Å². The Hall–Kier alpha value is -1.06. The standard InChI is InChI=1S/C14H24N2O2/c1-9(2)12-13(18)16(8-11(17)15-12)10-6-5-7-14(10,3)4/h9-10,12H,5-8H2,1-4H3,(H,15,17). The summed E-state index contributed by atoms with van der Waals surface area (Å²) < 4.78 is 0. The van der Waals surface area contributed by atoms with Gasteiger partial charge in [0.2, 0.25) is 11.8 Å². The lowest BCUT2D eigenvalue weighted by molar-refractivity contribution is -0.149. The SMILES string of the molecule is CC(C)C1NC(=O)CN(C2CCCC2(C)C)C1=O. The summed E-state index contributed by atoms with van der Waals surface area (Å²) in [5.41, 5.74) is 0.134. The van der Waals surface area contributed by atoms with Crippen molar-refractivity contribution in [3.8, 4) is 0 Å². The molecule has 0 bridgehead atoms. The number of piperazine rings is 1. The summed E-state index contributed by atoms with van der Waals surface area (Å²) in [5.74, 6) is 0.231. The maximum absolute atomic E-state index is 12.5. The summed E-state index contributed by atoms with van der Waals surface area (Å²) >= 11 is 0. The third kappa shape index (κ3) is 2.25. The normalized spacial score (nSPS) is 31.9. The molecule has 0 spiro atoms. The molecular formula is C14H24N2O2. The second-order valence-corrected chi connectivity index (χ2v) is 6.65. The predicted molar refractivity (Wildman–Crippen MR) is 69.9 cm³/mol. The monoisotopic (exact) mass is 252 g/mol. The van der Waals surface area contributed by atoms with Crippen LogP contribution in [-0.2, 0) is 9.59 Å². The topological polar surface area (TPSA) is 49.4 Å². The van der Waals surface area contributed by atoms with Gasteiger partial charge in [0, 0.05) is 6.04 Å². The van der Waals surface area contributed by atoms with E-state index < -0.39 is 0 Å². The van der Waals surface area contributed by atoms with Gasteiger partial charge in [-0.2, -0.15) is 0 Å². The lowest BCUT2D eigenvalue weighted by Crippen LogP contribution is -2.63. The number of hydrogen-bond acceptors (Lipinski definition) is 2. The van der Waals surface area contributed by atoms with Crippen LogP contribution < -0.4 is 5.32 Å². The number of carbonyl (C=O) groups is 2. The maximum atomic E-state index is 12.5. The van der Waals surface area contributed by atoms with E-state index in [1.54, 1.807) is 0 Å². The molecule has 2 unspecified atom stereocenters. The molecule has 18 heavy (non-hydrogen) atoms. The Morgan fingerprint density at radius 2 is 2.00 bits per heavy atom. The molecule has 0 aromatic carbocycles. The van der Waals surface area contributed by atoms with Gasteiger partial charge in [-0.1, -0.05) is 34.1 Å². The lowest BCUT2D eigenvalue weighted by Gasteiger charge is -2.42. The van der Waals surface area contributed by atoms with Gasteiger partial charge in [-0.15, -0.1) is 0 Å². The van der Waals surface area contributed by atoms with E-state index in [4.69, 9.17) is 0 Å². The molecule has 4 heteroatoms. The number of amides is 2. The van der Waals surface area contributed by atoms with Crippen LogP contribution >= 0.6 is 0 Å². The molecule has 2 amide bonds. The molecule has 0 radical (unpaired) electrons. The van der Waals surface area contributed by atoms with Gasteiger partial charge in [0.1, 0.15) is 6.04 Å². The highest BCUT2D eigenvalue weighted by Crippen LogP contribution is 2.41. The first-order valence-electron chi connectivity index (χ1n) is 6.93. The molecule has 2 fully saturated rings. The Labute approximate surface area is 109 Å². The summed E-state index contributed by atoms with van der Waals surface area (Å²) in [6, 6.07) is -0.125. The van der Waals surface area contributed by atoms with Crippen LogP contribution in [0.1, 0.15) is 47.0 Å². The fourth-order valence-corrected chi connectivity index (χ4v) is 3.29. The van der Waals surface area contributed by atoms with Crippen molar-refractivity contribution in [1.82, 2.24) is 10.2 Å². The molecule has 0 aromatic rings. The molecule has 2 aliphatic rings. The summed E-state index contributed by atoms with van der Waals surface area (Å²) in [6.07, 6.45) is 3.31. The molecule has 1 heterocycles. The quantitative estimate of drug-likeness (QED) is 0.810. The van der Waals surface area contributed by atoms with E-state index >= 15 is 0 Å². The fourth-order valence-electron chi connectivity index (χ4n) is 3.29. The third-order valence-electron chi connectivity index (χ3n) is 4.42. The zero-order valence-electron chi connectivity index (χ0n) is 11.8. The van der Waals surface area contributed by atoms with Crippen LogP contribution in [0.2, 0.25) is 0 Å². The number of rotatable bonds is 2. The van der Waals surface area contributed by atoms with Gasteiger partial charge in [-0.25, -0.2) is 0 Å². The first-order chi connectivity index (χ1) is 8.33. The highest BCUT2D eigenvalue weighted by atomic mass is 16.2. The van der Waals surface area contributed by atoms with E-state index in [1.165, 1.54) is 0 Å². The summed E-state index contributed by atoms with van der Waals surface area (Å²) in [7, 11) is 0. The van der Waals surface area contributed by atoms with Gasteiger partial charge < -0.3 is 10.2 Å². The molecule has 2 atom stereocenters. The van der Waals surface area contributed by atoms with E-state index in [9.17, 15) is 9.59 Å². The number of nitrogens with zero attached hydrogens (tertiary/aromatic N) is 1. The minimum Gasteiger partial charge on any atom is -0.343 e. The van der Waals surface area contributed by atoms with E-state index in [1.807, 2.05) is 18.7 Å². The maximum Gasteiger partial charge on any atom is 0.246 e. The summed E-state index contributed by atoms with van der Waals surface area (Å²) in [6.45, 7) is 8.60. The first kappa shape index (κ1) is 13.4. The molecule has 0 aromatic heterocycles. The van der Waals surface area contributed by atoms with Crippen LogP contribution in [0.5, 0.6) is 0 Å². The molecule has 1 aliphatic heterocycles. The molecule has 2 rings (SSSR count). The average molecular weight is 252 g/mol. The molecule has 1 saturated heterocycles.